The molecule has 0 bridgehead atoms. The average Bonchev–Trinajstić information content (AvgIpc) is 2.82. The summed E-state index contributed by atoms with van der Waals surface area (Å²) in [5.41, 5.74) is 8.84. The predicted octanol–water partition coefficient (Wildman–Crippen LogP) is 1.07. The summed E-state index contributed by atoms with van der Waals surface area (Å²) in [7, 11) is 2.15. The zero-order valence-corrected chi connectivity index (χ0v) is 10.7. The normalized spacial score (nSPS) is 23.3. The molecule has 0 amide bonds. The molecule has 2 heterocycles. The van der Waals surface area contributed by atoms with Gasteiger partial charge in [0, 0.05) is 48.8 Å². The first-order chi connectivity index (χ1) is 8.77. The van der Waals surface area contributed by atoms with Crippen LogP contribution in [0.4, 0.5) is 0 Å². The van der Waals surface area contributed by atoms with E-state index in [1.807, 2.05) is 6.07 Å². The highest BCUT2D eigenvalue weighted by Crippen LogP contribution is 2.26. The van der Waals surface area contributed by atoms with Crippen molar-refractivity contribution in [2.24, 2.45) is 5.73 Å². The largest absolute Gasteiger partial charge is 0.361 e. The molecule has 2 aromatic rings. The van der Waals surface area contributed by atoms with Gasteiger partial charge < -0.3 is 16.0 Å². The molecule has 1 saturated heterocycles. The molecule has 2 unspecified atom stereocenters. The van der Waals surface area contributed by atoms with Crippen LogP contribution in [0, 0.1) is 0 Å². The Morgan fingerprint density at radius 3 is 3.06 bits per heavy atom. The Morgan fingerprint density at radius 2 is 2.22 bits per heavy atom. The average molecular weight is 244 g/mol. The Labute approximate surface area is 107 Å². The first kappa shape index (κ1) is 11.7. The van der Waals surface area contributed by atoms with Crippen LogP contribution in [0.3, 0.4) is 0 Å². The van der Waals surface area contributed by atoms with Gasteiger partial charge in [-0.15, -0.1) is 0 Å². The van der Waals surface area contributed by atoms with Crippen LogP contribution in [-0.4, -0.2) is 42.6 Å². The third-order valence-electron chi connectivity index (χ3n) is 3.96. The molecule has 96 valence electrons. The second-order valence-electron chi connectivity index (χ2n) is 5.07. The molecular formula is C14H20N4. The maximum atomic E-state index is 6.47. The summed E-state index contributed by atoms with van der Waals surface area (Å²) >= 11 is 0. The van der Waals surface area contributed by atoms with E-state index in [0.717, 1.165) is 25.2 Å². The number of hydrogen-bond acceptors (Lipinski definition) is 3. The maximum absolute atomic E-state index is 6.47. The van der Waals surface area contributed by atoms with Crippen LogP contribution in [-0.2, 0) is 0 Å². The van der Waals surface area contributed by atoms with Crippen molar-refractivity contribution in [2.75, 3.05) is 26.7 Å². The second kappa shape index (κ2) is 4.72. The van der Waals surface area contributed by atoms with Crippen molar-refractivity contribution in [3.8, 4) is 0 Å². The van der Waals surface area contributed by atoms with E-state index in [1.54, 1.807) is 0 Å². The van der Waals surface area contributed by atoms with Crippen LogP contribution >= 0.6 is 0 Å². The molecule has 1 aliphatic heterocycles. The second-order valence-corrected chi connectivity index (χ2v) is 5.07. The van der Waals surface area contributed by atoms with Gasteiger partial charge in [-0.3, -0.25) is 4.90 Å². The lowest BCUT2D eigenvalue weighted by Crippen LogP contribution is -2.53. The van der Waals surface area contributed by atoms with Crippen molar-refractivity contribution in [2.45, 2.75) is 12.1 Å². The van der Waals surface area contributed by atoms with Gasteiger partial charge in [-0.2, -0.15) is 0 Å². The Hall–Kier alpha value is -1.36. The molecule has 4 heteroatoms. The molecule has 1 aromatic carbocycles. The summed E-state index contributed by atoms with van der Waals surface area (Å²) in [6, 6.07) is 8.74. The molecule has 0 spiro atoms. The highest BCUT2D eigenvalue weighted by molar-refractivity contribution is 5.83. The van der Waals surface area contributed by atoms with E-state index in [9.17, 15) is 0 Å². The molecule has 1 aromatic heterocycles. The molecule has 2 atom stereocenters. The number of nitrogens with zero attached hydrogens (tertiary/aromatic N) is 1. The highest BCUT2D eigenvalue weighted by Gasteiger charge is 2.27. The summed E-state index contributed by atoms with van der Waals surface area (Å²) in [5.74, 6) is 0. The summed E-state index contributed by atoms with van der Waals surface area (Å²) in [5, 5.41) is 4.66. The van der Waals surface area contributed by atoms with E-state index in [2.05, 4.69) is 46.6 Å². The minimum Gasteiger partial charge on any atom is -0.361 e. The summed E-state index contributed by atoms with van der Waals surface area (Å²) in [4.78, 5) is 5.65. The molecule has 3 rings (SSSR count). The first-order valence-corrected chi connectivity index (χ1v) is 6.50. The van der Waals surface area contributed by atoms with Gasteiger partial charge in [0.15, 0.2) is 0 Å². The van der Waals surface area contributed by atoms with Crippen molar-refractivity contribution in [3.05, 3.63) is 36.0 Å². The smallest absolute Gasteiger partial charge is 0.0486 e. The fraction of sp³-hybridized carbons (Fsp3) is 0.429. The number of benzene rings is 1. The minimum absolute atomic E-state index is 0.0407. The van der Waals surface area contributed by atoms with E-state index < -0.39 is 0 Å². The molecule has 18 heavy (non-hydrogen) atoms. The lowest BCUT2D eigenvalue weighted by molar-refractivity contribution is 0.174. The van der Waals surface area contributed by atoms with E-state index in [1.165, 1.54) is 10.9 Å². The van der Waals surface area contributed by atoms with E-state index in [0.29, 0.717) is 6.04 Å². The number of H-pyrrole nitrogens is 1. The van der Waals surface area contributed by atoms with E-state index in [4.69, 9.17) is 5.73 Å². The van der Waals surface area contributed by atoms with Gasteiger partial charge in [-0.1, -0.05) is 18.2 Å². The van der Waals surface area contributed by atoms with Crippen LogP contribution in [0.2, 0.25) is 0 Å². The number of nitrogens with two attached hydrogens (primary N) is 1. The standard InChI is InChI=1S/C14H20N4/c1-18-7-6-16-9-13(18)14(15)11-8-17-12-5-3-2-4-10(11)12/h2-5,8,13-14,16-17H,6-7,9,15H2,1H3. The number of piperazine rings is 1. The Bertz CT molecular complexity index is 533. The SMILES string of the molecule is CN1CCNCC1C(N)c1c[nH]c2ccccc12. The van der Waals surface area contributed by atoms with Gasteiger partial charge in [0.1, 0.15) is 0 Å². The lowest BCUT2D eigenvalue weighted by Gasteiger charge is -2.36. The van der Waals surface area contributed by atoms with Crippen LogP contribution in [0.15, 0.2) is 30.5 Å². The van der Waals surface area contributed by atoms with Gasteiger partial charge in [0.2, 0.25) is 0 Å². The summed E-state index contributed by atoms with van der Waals surface area (Å²) in [6.07, 6.45) is 2.05. The third-order valence-corrected chi connectivity index (χ3v) is 3.96. The molecular weight excluding hydrogens is 224 g/mol. The molecule has 0 aliphatic carbocycles. The Morgan fingerprint density at radius 1 is 1.39 bits per heavy atom. The quantitative estimate of drug-likeness (QED) is 0.740. The van der Waals surface area contributed by atoms with Gasteiger partial charge in [-0.05, 0) is 18.7 Å². The highest BCUT2D eigenvalue weighted by atomic mass is 15.2. The van der Waals surface area contributed by atoms with E-state index in [-0.39, 0.29) is 6.04 Å². The minimum atomic E-state index is 0.0407. The zero-order chi connectivity index (χ0) is 12.5. The third kappa shape index (κ3) is 1.92. The van der Waals surface area contributed by atoms with Gasteiger partial charge in [0.25, 0.3) is 0 Å². The monoisotopic (exact) mass is 244 g/mol. The lowest BCUT2D eigenvalue weighted by atomic mass is 9.97. The Balaban J connectivity index is 1.93. The van der Waals surface area contributed by atoms with E-state index >= 15 is 0 Å². The Kier molecular flexibility index (Phi) is 3.07. The summed E-state index contributed by atoms with van der Waals surface area (Å²) in [6.45, 7) is 3.06. The number of nitrogens with one attached hydrogen (secondary N) is 2. The number of para-hydroxylation sites is 1. The van der Waals surface area contributed by atoms with Crippen molar-refractivity contribution in [3.63, 3.8) is 0 Å². The van der Waals surface area contributed by atoms with Crippen molar-refractivity contribution >= 4 is 10.9 Å². The first-order valence-electron chi connectivity index (χ1n) is 6.50. The molecule has 4 N–H and O–H groups in total. The number of hydrogen-bond donors (Lipinski definition) is 3. The van der Waals surface area contributed by atoms with Crippen LogP contribution in [0.5, 0.6) is 0 Å². The molecule has 0 radical (unpaired) electrons. The number of fused-ring (bicyclic) bond motifs is 1. The van der Waals surface area contributed by atoms with Crippen LogP contribution in [0.25, 0.3) is 10.9 Å². The maximum Gasteiger partial charge on any atom is 0.0486 e. The molecule has 4 nitrogen and oxygen atoms in total. The molecule has 1 aliphatic rings. The summed E-state index contributed by atoms with van der Waals surface area (Å²) < 4.78 is 0. The predicted molar refractivity (Wildman–Crippen MR) is 74.5 cm³/mol. The van der Waals surface area contributed by atoms with Crippen molar-refractivity contribution in [1.82, 2.24) is 15.2 Å². The van der Waals surface area contributed by atoms with Gasteiger partial charge in [0.05, 0.1) is 0 Å². The fourth-order valence-corrected chi connectivity index (χ4v) is 2.81. The van der Waals surface area contributed by atoms with Gasteiger partial charge in [-0.25, -0.2) is 0 Å². The molecule has 0 saturated carbocycles. The van der Waals surface area contributed by atoms with Crippen molar-refractivity contribution < 1.29 is 0 Å². The zero-order valence-electron chi connectivity index (χ0n) is 10.7. The van der Waals surface area contributed by atoms with Crippen LogP contribution in [0.1, 0.15) is 11.6 Å². The molecule has 1 fully saturated rings. The fourth-order valence-electron chi connectivity index (χ4n) is 2.81. The topological polar surface area (TPSA) is 57.1 Å². The number of rotatable bonds is 2. The van der Waals surface area contributed by atoms with Crippen molar-refractivity contribution in [1.29, 1.82) is 0 Å². The van der Waals surface area contributed by atoms with Crippen LogP contribution < -0.4 is 11.1 Å². The number of aromatic amines is 1. The number of aromatic nitrogens is 1. The number of likely N-dealkylation sites (N-methyl/N-ethyl adjacent to an activating group) is 1. The van der Waals surface area contributed by atoms with Gasteiger partial charge >= 0.3 is 0 Å².